The van der Waals surface area contributed by atoms with Crippen LogP contribution in [0.25, 0.3) is 0 Å². The van der Waals surface area contributed by atoms with Gasteiger partial charge in [0.2, 0.25) is 0 Å². The highest BCUT2D eigenvalue weighted by Gasteiger charge is 2.04. The number of hydrogen-bond acceptors (Lipinski definition) is 2. The van der Waals surface area contributed by atoms with Gasteiger partial charge in [-0.2, -0.15) is 0 Å². The van der Waals surface area contributed by atoms with Crippen molar-refractivity contribution in [3.05, 3.63) is 23.2 Å². The van der Waals surface area contributed by atoms with Crippen molar-refractivity contribution in [3.8, 4) is 0 Å². The van der Waals surface area contributed by atoms with Crippen molar-refractivity contribution < 1.29 is 4.79 Å². The molecule has 1 aromatic rings. The maximum atomic E-state index is 10.5. The quantitative estimate of drug-likeness (QED) is 0.601. The molecule has 12 heavy (non-hydrogen) atoms. The summed E-state index contributed by atoms with van der Waals surface area (Å²) >= 11 is 9.84. The second-order valence-electron chi connectivity index (χ2n) is 2.12. The molecular formula is C7H7ClN2OS. The van der Waals surface area contributed by atoms with E-state index in [1.165, 1.54) is 0 Å². The minimum Gasteiger partial charge on any atom is -0.351 e. The minimum absolute atomic E-state index is 0.418. The number of hydrogen-bond donors (Lipinski definition) is 3. The van der Waals surface area contributed by atoms with Crippen LogP contribution in [0.1, 0.15) is 0 Å². The molecule has 0 spiro atoms. The topological polar surface area (TPSA) is 55.1 Å². The molecule has 1 aromatic carbocycles. The zero-order valence-electron chi connectivity index (χ0n) is 6.04. The number of rotatable bonds is 1. The fourth-order valence-electron chi connectivity index (χ4n) is 0.760. The number of para-hydroxylation sites is 1. The van der Waals surface area contributed by atoms with Crippen LogP contribution in [0.3, 0.4) is 0 Å². The third-order valence-electron chi connectivity index (χ3n) is 1.24. The Kier molecular flexibility index (Phi) is 2.83. The molecule has 1 rings (SSSR count). The van der Waals surface area contributed by atoms with Gasteiger partial charge in [0.15, 0.2) is 0 Å². The Morgan fingerprint density at radius 2 is 2.25 bits per heavy atom. The van der Waals surface area contributed by atoms with E-state index < -0.39 is 6.03 Å². The van der Waals surface area contributed by atoms with Gasteiger partial charge in [-0.25, -0.2) is 4.79 Å². The molecule has 5 heteroatoms. The molecule has 0 radical (unpaired) electrons. The molecule has 0 heterocycles. The summed E-state index contributed by atoms with van der Waals surface area (Å²) in [5.41, 5.74) is 5.36. The van der Waals surface area contributed by atoms with E-state index in [0.29, 0.717) is 15.6 Å². The Bertz CT molecular complexity index is 296. The number of carbonyl (C=O) groups excluding carboxylic acids is 1. The molecule has 3 nitrogen and oxygen atoms in total. The lowest BCUT2D eigenvalue weighted by atomic mass is 10.3. The summed E-state index contributed by atoms with van der Waals surface area (Å²) in [4.78, 5) is 11.1. The number of nitrogens with two attached hydrogens (primary N) is 1. The van der Waals surface area contributed by atoms with Gasteiger partial charge < -0.3 is 11.1 Å². The van der Waals surface area contributed by atoms with Crippen molar-refractivity contribution in [1.29, 1.82) is 0 Å². The minimum atomic E-state index is -0.654. The van der Waals surface area contributed by atoms with Crippen molar-refractivity contribution in [2.24, 2.45) is 5.73 Å². The lowest BCUT2D eigenvalue weighted by Gasteiger charge is -2.06. The van der Waals surface area contributed by atoms with E-state index in [0.717, 1.165) is 0 Å². The summed E-state index contributed by atoms with van der Waals surface area (Å²) in [7, 11) is 0. The summed E-state index contributed by atoms with van der Waals surface area (Å²) in [6.45, 7) is 0. The smallest absolute Gasteiger partial charge is 0.316 e. The number of urea groups is 1. The van der Waals surface area contributed by atoms with Crippen LogP contribution in [-0.2, 0) is 0 Å². The maximum Gasteiger partial charge on any atom is 0.316 e. The normalized spacial score (nSPS) is 9.50. The average molecular weight is 203 g/mol. The van der Waals surface area contributed by atoms with E-state index in [1.807, 2.05) is 0 Å². The fourth-order valence-corrected chi connectivity index (χ4v) is 1.31. The third-order valence-corrected chi connectivity index (χ3v) is 1.93. The number of amides is 2. The third kappa shape index (κ3) is 2.06. The number of carbonyl (C=O) groups is 1. The lowest BCUT2D eigenvalue weighted by Crippen LogP contribution is -2.19. The fraction of sp³-hybridized carbons (Fsp3) is 0. The molecule has 0 aromatic heterocycles. The summed E-state index contributed by atoms with van der Waals surface area (Å²) in [6.07, 6.45) is 0. The summed E-state index contributed by atoms with van der Waals surface area (Å²) in [6, 6.07) is 4.43. The number of primary amides is 1. The molecule has 0 bridgehead atoms. The number of thiol groups is 1. The second-order valence-corrected chi connectivity index (χ2v) is 3.01. The molecule has 0 aliphatic rings. The van der Waals surface area contributed by atoms with E-state index in [4.69, 9.17) is 17.3 Å². The molecule has 3 N–H and O–H groups in total. The van der Waals surface area contributed by atoms with Crippen LogP contribution in [0.2, 0.25) is 5.02 Å². The van der Waals surface area contributed by atoms with Gasteiger partial charge >= 0.3 is 6.03 Å². The zero-order valence-corrected chi connectivity index (χ0v) is 7.69. The van der Waals surface area contributed by atoms with Gasteiger partial charge in [-0.15, -0.1) is 12.6 Å². The Balaban J connectivity index is 3.04. The van der Waals surface area contributed by atoms with Crippen LogP contribution in [0.15, 0.2) is 23.1 Å². The van der Waals surface area contributed by atoms with Crippen molar-refractivity contribution >= 4 is 35.9 Å². The second kappa shape index (κ2) is 3.69. The highest BCUT2D eigenvalue weighted by atomic mass is 35.5. The van der Waals surface area contributed by atoms with Crippen LogP contribution >= 0.6 is 24.2 Å². The molecule has 64 valence electrons. The van der Waals surface area contributed by atoms with Gasteiger partial charge in [-0.1, -0.05) is 17.7 Å². The Morgan fingerprint density at radius 3 is 2.75 bits per heavy atom. The summed E-state index contributed by atoms with van der Waals surface area (Å²) in [5, 5.41) is 2.79. The summed E-state index contributed by atoms with van der Waals surface area (Å²) in [5.74, 6) is 0. The standard InChI is InChI=1S/C7H7ClN2OS/c8-4-2-1-3-5(12)6(4)10-7(9)11/h1-3,12H,(H3,9,10,11). The predicted molar refractivity (Wildman–Crippen MR) is 51.9 cm³/mol. The van der Waals surface area contributed by atoms with Crippen LogP contribution in [0.5, 0.6) is 0 Å². The maximum absolute atomic E-state index is 10.5. The van der Waals surface area contributed by atoms with Crippen LogP contribution in [0, 0.1) is 0 Å². The molecular weight excluding hydrogens is 196 g/mol. The molecule has 0 aliphatic carbocycles. The van der Waals surface area contributed by atoms with Crippen molar-refractivity contribution in [3.63, 3.8) is 0 Å². The lowest BCUT2D eigenvalue weighted by molar-refractivity contribution is 0.259. The van der Waals surface area contributed by atoms with Gasteiger partial charge in [0.1, 0.15) is 0 Å². The van der Waals surface area contributed by atoms with E-state index in [1.54, 1.807) is 18.2 Å². The van der Waals surface area contributed by atoms with Crippen LogP contribution < -0.4 is 11.1 Å². The molecule has 0 saturated heterocycles. The number of halogens is 1. The number of benzene rings is 1. The van der Waals surface area contributed by atoms with E-state index >= 15 is 0 Å². The Morgan fingerprint density at radius 1 is 1.58 bits per heavy atom. The van der Waals surface area contributed by atoms with Gasteiger partial charge in [-0.3, -0.25) is 0 Å². The predicted octanol–water partition coefficient (Wildman–Crippen LogP) is 2.12. The van der Waals surface area contributed by atoms with Gasteiger partial charge in [0, 0.05) is 4.90 Å². The first-order valence-corrected chi connectivity index (χ1v) is 3.97. The number of anilines is 1. The molecule has 0 fully saturated rings. The molecule has 2 amide bonds. The highest BCUT2D eigenvalue weighted by Crippen LogP contribution is 2.27. The number of nitrogens with one attached hydrogen (secondary N) is 1. The van der Waals surface area contributed by atoms with Crippen LogP contribution in [0.4, 0.5) is 10.5 Å². The van der Waals surface area contributed by atoms with Gasteiger partial charge in [0.25, 0.3) is 0 Å². The first-order chi connectivity index (χ1) is 5.61. The largest absolute Gasteiger partial charge is 0.351 e. The molecule has 0 saturated carbocycles. The average Bonchev–Trinajstić information content (AvgIpc) is 1.97. The van der Waals surface area contributed by atoms with E-state index in [9.17, 15) is 4.79 Å². The van der Waals surface area contributed by atoms with Crippen molar-refractivity contribution in [2.75, 3.05) is 5.32 Å². The first kappa shape index (κ1) is 9.22. The highest BCUT2D eigenvalue weighted by molar-refractivity contribution is 7.80. The Labute approximate surface area is 80.3 Å². The molecule has 0 atom stereocenters. The summed E-state index contributed by atoms with van der Waals surface area (Å²) < 4.78 is 0. The SMILES string of the molecule is NC(=O)Nc1c(S)cccc1Cl. The van der Waals surface area contributed by atoms with Crippen molar-refractivity contribution in [1.82, 2.24) is 0 Å². The first-order valence-electron chi connectivity index (χ1n) is 3.15. The van der Waals surface area contributed by atoms with Crippen molar-refractivity contribution in [2.45, 2.75) is 4.90 Å². The van der Waals surface area contributed by atoms with E-state index in [-0.39, 0.29) is 0 Å². The van der Waals surface area contributed by atoms with E-state index in [2.05, 4.69) is 17.9 Å². The van der Waals surface area contributed by atoms with Crippen LogP contribution in [-0.4, -0.2) is 6.03 Å². The Hall–Kier alpha value is -0.870. The molecule has 0 aliphatic heterocycles. The molecule has 0 unspecified atom stereocenters. The van der Waals surface area contributed by atoms with Gasteiger partial charge in [-0.05, 0) is 12.1 Å². The zero-order chi connectivity index (χ0) is 9.14. The van der Waals surface area contributed by atoms with Gasteiger partial charge in [0.05, 0.1) is 10.7 Å². The monoisotopic (exact) mass is 202 g/mol.